The topological polar surface area (TPSA) is 79.4 Å². The molecule has 0 bridgehead atoms. The number of imidazole rings is 1. The second-order valence-electron chi connectivity index (χ2n) is 5.58. The minimum absolute atomic E-state index is 0.0679. The summed E-state index contributed by atoms with van der Waals surface area (Å²) < 4.78 is 2.04. The van der Waals surface area contributed by atoms with Gasteiger partial charge in [0.05, 0.1) is 17.8 Å². The number of H-pyrrole nitrogens is 2. The number of fused-ring (bicyclic) bond motifs is 3. The van der Waals surface area contributed by atoms with Crippen LogP contribution in [0.25, 0.3) is 22.1 Å². The molecule has 0 aromatic carbocycles. The van der Waals surface area contributed by atoms with E-state index in [1.54, 1.807) is 12.5 Å². The van der Waals surface area contributed by atoms with Gasteiger partial charge in [-0.15, -0.1) is 0 Å². The first kappa shape index (κ1) is 11.7. The van der Waals surface area contributed by atoms with E-state index >= 15 is 0 Å². The molecule has 0 atom stereocenters. The van der Waals surface area contributed by atoms with Gasteiger partial charge in [0.2, 0.25) is 0 Å². The SMILES string of the molecule is O=c1[nH]n(C2CCCCCC2)c2c1cnc1[nH]cnc12. The van der Waals surface area contributed by atoms with E-state index < -0.39 is 0 Å². The summed E-state index contributed by atoms with van der Waals surface area (Å²) in [6.07, 6.45) is 10.5. The largest absolute Gasteiger partial charge is 0.329 e. The summed E-state index contributed by atoms with van der Waals surface area (Å²) >= 11 is 0. The summed E-state index contributed by atoms with van der Waals surface area (Å²) in [6, 6.07) is 0.366. The van der Waals surface area contributed by atoms with Crippen molar-refractivity contribution in [2.24, 2.45) is 0 Å². The molecule has 0 radical (unpaired) electrons. The maximum Gasteiger partial charge on any atom is 0.273 e. The lowest BCUT2D eigenvalue weighted by Crippen LogP contribution is -2.12. The molecular weight excluding hydrogens is 254 g/mol. The Morgan fingerprint density at radius 2 is 1.95 bits per heavy atom. The predicted molar refractivity (Wildman–Crippen MR) is 76.7 cm³/mol. The first-order valence-electron chi connectivity index (χ1n) is 7.27. The smallest absolute Gasteiger partial charge is 0.273 e. The van der Waals surface area contributed by atoms with Gasteiger partial charge < -0.3 is 4.98 Å². The maximum absolute atomic E-state index is 12.1. The molecule has 1 aliphatic rings. The molecule has 3 aromatic heterocycles. The first-order valence-corrected chi connectivity index (χ1v) is 7.27. The highest BCUT2D eigenvalue weighted by Gasteiger charge is 2.20. The number of aromatic amines is 2. The van der Waals surface area contributed by atoms with Gasteiger partial charge in [0.25, 0.3) is 5.56 Å². The van der Waals surface area contributed by atoms with Crippen molar-refractivity contribution < 1.29 is 0 Å². The Kier molecular flexibility index (Phi) is 2.61. The fourth-order valence-corrected chi connectivity index (χ4v) is 3.30. The molecule has 0 amide bonds. The minimum Gasteiger partial charge on any atom is -0.329 e. The van der Waals surface area contributed by atoms with Gasteiger partial charge in [0, 0.05) is 6.20 Å². The van der Waals surface area contributed by atoms with Gasteiger partial charge >= 0.3 is 0 Å². The quantitative estimate of drug-likeness (QED) is 0.667. The van der Waals surface area contributed by atoms with E-state index in [4.69, 9.17) is 0 Å². The second kappa shape index (κ2) is 4.47. The molecule has 6 nitrogen and oxygen atoms in total. The number of aromatic nitrogens is 5. The highest BCUT2D eigenvalue weighted by atomic mass is 16.1. The Labute approximate surface area is 115 Å². The van der Waals surface area contributed by atoms with Crippen LogP contribution >= 0.6 is 0 Å². The van der Waals surface area contributed by atoms with Crippen LogP contribution < -0.4 is 5.56 Å². The van der Waals surface area contributed by atoms with E-state index in [1.165, 1.54) is 25.7 Å². The van der Waals surface area contributed by atoms with Crippen LogP contribution in [0, 0.1) is 0 Å². The number of nitrogens with one attached hydrogen (secondary N) is 2. The standard InChI is InChI=1S/C14H17N5O/c20-14-10-7-15-13-11(16-8-17-13)12(10)19(18-14)9-5-3-1-2-4-6-9/h7-9H,1-6H2,(H,18,20)(H,15,16,17). The summed E-state index contributed by atoms with van der Waals surface area (Å²) in [5.74, 6) is 0. The summed E-state index contributed by atoms with van der Waals surface area (Å²) in [6.45, 7) is 0. The van der Waals surface area contributed by atoms with Crippen molar-refractivity contribution in [3.05, 3.63) is 22.9 Å². The van der Waals surface area contributed by atoms with Gasteiger partial charge in [0.1, 0.15) is 11.0 Å². The molecule has 4 rings (SSSR count). The molecule has 3 aromatic rings. The summed E-state index contributed by atoms with van der Waals surface area (Å²) in [4.78, 5) is 23.7. The molecule has 0 saturated heterocycles. The average molecular weight is 271 g/mol. The minimum atomic E-state index is -0.0679. The number of hydrogen-bond donors (Lipinski definition) is 2. The zero-order valence-electron chi connectivity index (χ0n) is 11.2. The third-order valence-corrected chi connectivity index (χ3v) is 4.32. The number of hydrogen-bond acceptors (Lipinski definition) is 3. The van der Waals surface area contributed by atoms with E-state index in [2.05, 4.69) is 20.1 Å². The second-order valence-corrected chi connectivity index (χ2v) is 5.58. The molecule has 104 valence electrons. The number of rotatable bonds is 1. The van der Waals surface area contributed by atoms with Gasteiger partial charge in [-0.1, -0.05) is 25.7 Å². The Hall–Kier alpha value is -2.11. The third kappa shape index (κ3) is 1.67. The van der Waals surface area contributed by atoms with Crippen molar-refractivity contribution in [1.82, 2.24) is 24.7 Å². The van der Waals surface area contributed by atoms with E-state index in [9.17, 15) is 4.79 Å². The summed E-state index contributed by atoms with van der Waals surface area (Å²) in [5, 5.41) is 3.63. The maximum atomic E-state index is 12.1. The van der Waals surface area contributed by atoms with Crippen molar-refractivity contribution in [1.29, 1.82) is 0 Å². The zero-order valence-corrected chi connectivity index (χ0v) is 11.2. The van der Waals surface area contributed by atoms with Crippen LogP contribution in [0.15, 0.2) is 17.3 Å². The highest BCUT2D eigenvalue weighted by molar-refractivity contribution is 5.99. The normalized spacial score (nSPS) is 17.8. The Bertz CT molecular complexity index is 804. The van der Waals surface area contributed by atoms with Crippen molar-refractivity contribution >= 4 is 22.1 Å². The van der Waals surface area contributed by atoms with Crippen LogP contribution in [0.4, 0.5) is 0 Å². The Morgan fingerprint density at radius 3 is 2.75 bits per heavy atom. The highest BCUT2D eigenvalue weighted by Crippen LogP contribution is 2.30. The number of nitrogens with zero attached hydrogens (tertiary/aromatic N) is 3. The fraction of sp³-hybridized carbons (Fsp3) is 0.500. The van der Waals surface area contributed by atoms with Crippen molar-refractivity contribution in [2.75, 3.05) is 0 Å². The number of pyridine rings is 1. The molecule has 1 saturated carbocycles. The van der Waals surface area contributed by atoms with Crippen molar-refractivity contribution in [3.63, 3.8) is 0 Å². The average Bonchev–Trinajstić information content (AvgIpc) is 2.95. The lowest BCUT2D eigenvalue weighted by atomic mass is 10.1. The van der Waals surface area contributed by atoms with Gasteiger partial charge in [-0.3, -0.25) is 14.6 Å². The third-order valence-electron chi connectivity index (χ3n) is 4.32. The predicted octanol–water partition coefficient (Wildman–Crippen LogP) is 2.50. The fourth-order valence-electron chi connectivity index (χ4n) is 3.30. The lowest BCUT2D eigenvalue weighted by Gasteiger charge is -2.16. The molecular formula is C14H17N5O. The first-order chi connectivity index (χ1) is 9.84. The molecule has 1 fully saturated rings. The van der Waals surface area contributed by atoms with Crippen molar-refractivity contribution in [3.8, 4) is 0 Å². The van der Waals surface area contributed by atoms with E-state index in [-0.39, 0.29) is 5.56 Å². The van der Waals surface area contributed by atoms with Gasteiger partial charge in [-0.05, 0) is 12.8 Å². The van der Waals surface area contributed by atoms with Crippen LogP contribution in [0.3, 0.4) is 0 Å². The molecule has 20 heavy (non-hydrogen) atoms. The van der Waals surface area contributed by atoms with Gasteiger partial charge in [-0.2, -0.15) is 0 Å². The van der Waals surface area contributed by atoms with Crippen LogP contribution in [-0.2, 0) is 0 Å². The molecule has 2 N–H and O–H groups in total. The van der Waals surface area contributed by atoms with E-state index in [1.807, 2.05) is 4.68 Å². The van der Waals surface area contributed by atoms with Crippen LogP contribution in [0.2, 0.25) is 0 Å². The molecule has 0 unspecified atom stereocenters. The zero-order chi connectivity index (χ0) is 13.5. The molecule has 1 aliphatic carbocycles. The molecule has 6 heteroatoms. The van der Waals surface area contributed by atoms with Crippen LogP contribution in [0.1, 0.15) is 44.6 Å². The van der Waals surface area contributed by atoms with E-state index in [0.29, 0.717) is 11.4 Å². The van der Waals surface area contributed by atoms with Gasteiger partial charge in [0.15, 0.2) is 5.65 Å². The van der Waals surface area contributed by atoms with Crippen LogP contribution in [0.5, 0.6) is 0 Å². The molecule has 3 heterocycles. The van der Waals surface area contributed by atoms with Gasteiger partial charge in [-0.25, -0.2) is 9.97 Å². The molecule has 0 aliphatic heterocycles. The monoisotopic (exact) mass is 271 g/mol. The summed E-state index contributed by atoms with van der Waals surface area (Å²) in [5.41, 5.74) is 2.35. The van der Waals surface area contributed by atoms with E-state index in [0.717, 1.165) is 29.5 Å². The molecule has 0 spiro atoms. The van der Waals surface area contributed by atoms with Crippen LogP contribution in [-0.4, -0.2) is 24.7 Å². The van der Waals surface area contributed by atoms with Crippen molar-refractivity contribution in [2.45, 2.75) is 44.6 Å². The Balaban J connectivity index is 1.98. The lowest BCUT2D eigenvalue weighted by molar-refractivity contribution is 0.415. The summed E-state index contributed by atoms with van der Waals surface area (Å²) in [7, 11) is 0. The Morgan fingerprint density at radius 1 is 1.15 bits per heavy atom.